The summed E-state index contributed by atoms with van der Waals surface area (Å²) in [6, 6.07) is -0.627. The third-order valence-corrected chi connectivity index (χ3v) is 4.73. The number of ether oxygens (including phenoxy) is 1. The first-order valence-corrected chi connectivity index (χ1v) is 6.81. The molecular weight excluding hydrogens is 294 g/mol. The minimum absolute atomic E-state index is 0.0346. The number of nitrogens with zero attached hydrogens (tertiary/aromatic N) is 2. The molecule has 10 N–H and O–H groups in total. The van der Waals surface area contributed by atoms with Gasteiger partial charge in [-0.1, -0.05) is 0 Å². The third kappa shape index (κ3) is 1.54. The number of carbonyl (C=O) groups is 1. The van der Waals surface area contributed by atoms with Crippen LogP contribution in [-0.4, -0.2) is 69.0 Å². The van der Waals surface area contributed by atoms with Gasteiger partial charge in [0.2, 0.25) is 5.79 Å². The number of aliphatic imine (C=N–C) groups is 1. The summed E-state index contributed by atoms with van der Waals surface area (Å²) < 4.78 is 6.40. The first-order chi connectivity index (χ1) is 10.1. The predicted octanol–water partition coefficient (Wildman–Crippen LogP) is -4.16. The number of hydrogen-bond acceptors (Lipinski definition) is 9. The van der Waals surface area contributed by atoms with E-state index >= 15 is 0 Å². The van der Waals surface area contributed by atoms with Gasteiger partial charge in [0.15, 0.2) is 5.96 Å². The van der Waals surface area contributed by atoms with E-state index in [2.05, 4.69) is 15.6 Å². The molecule has 0 aromatic heterocycles. The Morgan fingerprint density at radius 1 is 1.55 bits per heavy atom. The second kappa shape index (κ2) is 4.14. The Morgan fingerprint density at radius 2 is 2.23 bits per heavy atom. The lowest BCUT2D eigenvalue weighted by Gasteiger charge is -2.48. The average molecular weight is 314 g/mol. The molecule has 1 amide bonds. The Morgan fingerprint density at radius 3 is 2.86 bits per heavy atom. The Kier molecular flexibility index (Phi) is 2.76. The summed E-state index contributed by atoms with van der Waals surface area (Å²) in [5.74, 6) is -1.92. The summed E-state index contributed by atoms with van der Waals surface area (Å²) in [5, 5.41) is 27.0. The van der Waals surface area contributed by atoms with E-state index in [-0.39, 0.29) is 31.5 Å². The van der Waals surface area contributed by atoms with E-state index in [1.165, 1.54) is 0 Å². The van der Waals surface area contributed by atoms with E-state index in [0.717, 1.165) is 0 Å². The molecule has 0 aliphatic carbocycles. The Labute approximate surface area is 125 Å². The smallest absolute Gasteiger partial charge is 0.404 e. The Balaban J connectivity index is 2.12. The van der Waals surface area contributed by atoms with Crippen LogP contribution in [0.2, 0.25) is 0 Å². The summed E-state index contributed by atoms with van der Waals surface area (Å²) in [7, 11) is 0. The number of amides is 1. The maximum atomic E-state index is 10.9. The first kappa shape index (κ1) is 14.7. The molecule has 3 heterocycles. The van der Waals surface area contributed by atoms with Crippen molar-refractivity contribution in [3.63, 3.8) is 0 Å². The molecule has 3 aliphatic heterocycles. The molecule has 0 saturated carbocycles. The van der Waals surface area contributed by atoms with Crippen molar-refractivity contribution in [2.24, 2.45) is 22.2 Å². The average Bonchev–Trinajstić information content (AvgIpc) is 2.82. The van der Waals surface area contributed by atoms with Gasteiger partial charge in [-0.2, -0.15) is 0 Å². The summed E-state index contributed by atoms with van der Waals surface area (Å²) in [6.45, 7) is 1.83. The second-order valence-corrected chi connectivity index (χ2v) is 5.93. The van der Waals surface area contributed by atoms with Gasteiger partial charge < -0.3 is 31.7 Å². The number of hydrogen-bond donors (Lipinski definition) is 7. The lowest BCUT2D eigenvalue weighted by molar-refractivity contribution is -0.626. The molecule has 3 rings (SSSR count). The molecule has 22 heavy (non-hydrogen) atoms. The van der Waals surface area contributed by atoms with E-state index in [4.69, 9.17) is 21.9 Å². The lowest BCUT2D eigenvalue weighted by atomic mass is 9.75. The van der Waals surface area contributed by atoms with Gasteiger partial charge in [0.1, 0.15) is 18.2 Å². The molecule has 11 heteroatoms. The number of aliphatic hydroxyl groups is 2. The van der Waals surface area contributed by atoms with Crippen LogP contribution in [-0.2, 0) is 4.74 Å². The predicted molar refractivity (Wildman–Crippen MR) is 74.5 cm³/mol. The molecule has 122 valence electrons. The topological polar surface area (TPSA) is 184 Å². The molecule has 1 saturated heterocycles. The van der Waals surface area contributed by atoms with Crippen LogP contribution in [0.4, 0.5) is 4.79 Å². The lowest BCUT2D eigenvalue weighted by Crippen LogP contribution is -2.81. The van der Waals surface area contributed by atoms with Gasteiger partial charge >= 0.3 is 12.1 Å². The van der Waals surface area contributed by atoms with Crippen LogP contribution < -0.4 is 27.8 Å². The third-order valence-electron chi connectivity index (χ3n) is 4.73. The van der Waals surface area contributed by atoms with Crippen LogP contribution in [0.25, 0.3) is 0 Å². The zero-order chi connectivity index (χ0) is 16.3. The molecule has 3 atom stereocenters. The summed E-state index contributed by atoms with van der Waals surface area (Å²) in [5.41, 5.74) is 14.2. The Bertz CT molecular complexity index is 603. The highest BCUT2D eigenvalue weighted by Crippen LogP contribution is 2.48. The molecule has 3 aliphatic rings. The van der Waals surface area contributed by atoms with Crippen molar-refractivity contribution in [3.05, 3.63) is 0 Å². The Hall–Kier alpha value is -2.27. The largest absolute Gasteiger partial charge is 0.446 e. The van der Waals surface area contributed by atoms with Crippen LogP contribution in [0.1, 0.15) is 13.3 Å². The monoisotopic (exact) mass is 314 g/mol. The molecule has 0 aromatic carbocycles. The normalized spacial score (nSPS) is 38.5. The molecule has 0 radical (unpaired) electrons. The maximum absolute atomic E-state index is 10.9. The van der Waals surface area contributed by atoms with E-state index in [0.29, 0.717) is 0 Å². The van der Waals surface area contributed by atoms with Crippen LogP contribution in [0.3, 0.4) is 0 Å². The van der Waals surface area contributed by atoms with Gasteiger partial charge in [-0.05, 0) is 6.92 Å². The molecule has 0 aromatic rings. The fourth-order valence-electron chi connectivity index (χ4n) is 3.74. The van der Waals surface area contributed by atoms with E-state index in [1.54, 1.807) is 11.5 Å². The van der Waals surface area contributed by atoms with Crippen molar-refractivity contribution in [1.82, 2.24) is 10.6 Å². The zero-order valence-corrected chi connectivity index (χ0v) is 12.0. The van der Waals surface area contributed by atoms with Crippen LogP contribution in [0, 0.1) is 0 Å². The SMILES string of the molecule is CC12NC(N)=NC13[N+](=C(N)N[C@H]2COC(N)=O)CCC3(O)O. The number of rotatable bonds is 2. The van der Waals surface area contributed by atoms with Crippen LogP contribution in [0.5, 0.6) is 0 Å². The van der Waals surface area contributed by atoms with Gasteiger partial charge in [-0.3, -0.25) is 11.1 Å². The van der Waals surface area contributed by atoms with Crippen molar-refractivity contribution in [2.75, 3.05) is 13.2 Å². The number of guanidine groups is 2. The van der Waals surface area contributed by atoms with E-state index in [1.807, 2.05) is 0 Å². The van der Waals surface area contributed by atoms with Gasteiger partial charge in [0, 0.05) is 6.42 Å². The first-order valence-electron chi connectivity index (χ1n) is 6.81. The number of primary amides is 1. The van der Waals surface area contributed by atoms with Crippen molar-refractivity contribution in [3.8, 4) is 0 Å². The van der Waals surface area contributed by atoms with Crippen molar-refractivity contribution < 1.29 is 24.3 Å². The van der Waals surface area contributed by atoms with Crippen molar-refractivity contribution in [2.45, 2.75) is 36.4 Å². The fraction of sp³-hybridized carbons (Fsp3) is 0.727. The molecule has 2 unspecified atom stereocenters. The number of nitrogens with two attached hydrogens (primary N) is 3. The van der Waals surface area contributed by atoms with Gasteiger partial charge in [-0.25, -0.2) is 14.4 Å². The zero-order valence-electron chi connectivity index (χ0n) is 12.0. The number of carbonyl (C=O) groups excluding carboxylic acids is 1. The van der Waals surface area contributed by atoms with Gasteiger partial charge in [-0.15, -0.1) is 0 Å². The van der Waals surface area contributed by atoms with Gasteiger partial charge in [0.25, 0.3) is 5.66 Å². The van der Waals surface area contributed by atoms with Crippen molar-refractivity contribution in [1.29, 1.82) is 0 Å². The van der Waals surface area contributed by atoms with E-state index < -0.39 is 29.1 Å². The van der Waals surface area contributed by atoms with Crippen LogP contribution >= 0.6 is 0 Å². The molecule has 1 spiro atoms. The fourth-order valence-corrected chi connectivity index (χ4v) is 3.74. The van der Waals surface area contributed by atoms with Gasteiger partial charge in [0.05, 0.1) is 6.54 Å². The highest BCUT2D eigenvalue weighted by atomic mass is 16.5. The standard InChI is InChI=1S/C11H19N7O4/c1-9-5(4-22-8(14)19)15-7(13)18-3-2-10(20,21)11(9,18)17-6(12)16-9/h5,20-21H,2-4H2,1H3,(H7,12,13,14,15,16,17,19)/p+1/t5-,9?,11?/m0/s1. The second-order valence-electron chi connectivity index (χ2n) is 5.93. The molecule has 11 nitrogen and oxygen atoms in total. The molecule has 1 fully saturated rings. The minimum atomic E-state index is -2.16. The molecule has 0 bridgehead atoms. The van der Waals surface area contributed by atoms with Crippen LogP contribution in [0.15, 0.2) is 4.99 Å². The highest BCUT2D eigenvalue weighted by Gasteiger charge is 2.77. The summed E-state index contributed by atoms with van der Waals surface area (Å²) in [4.78, 5) is 15.1. The highest BCUT2D eigenvalue weighted by molar-refractivity contribution is 5.84. The number of nitrogens with one attached hydrogen (secondary N) is 2. The minimum Gasteiger partial charge on any atom is -0.446 e. The summed E-state index contributed by atoms with van der Waals surface area (Å²) >= 11 is 0. The quantitative estimate of drug-likeness (QED) is 0.198. The molecular formula is C11H20N7O4+. The summed E-state index contributed by atoms with van der Waals surface area (Å²) in [6.07, 6.45) is -0.912. The van der Waals surface area contributed by atoms with Crippen molar-refractivity contribution >= 4 is 18.0 Å². The maximum Gasteiger partial charge on any atom is 0.404 e. The van der Waals surface area contributed by atoms with E-state index in [9.17, 15) is 15.0 Å².